The van der Waals surface area contributed by atoms with Crippen LogP contribution < -0.4 is 5.32 Å². The second kappa shape index (κ2) is 4.26. The maximum atomic E-state index is 12.7. The average Bonchev–Trinajstić information content (AvgIpc) is 2.86. The van der Waals surface area contributed by atoms with Crippen molar-refractivity contribution in [2.75, 3.05) is 13.1 Å². The minimum absolute atomic E-state index is 0.124. The van der Waals surface area contributed by atoms with Gasteiger partial charge in [-0.15, -0.1) is 0 Å². The smallest absolute Gasteiger partial charge is 0.410 e. The quantitative estimate of drug-likeness (QED) is 0.844. The van der Waals surface area contributed by atoms with Crippen LogP contribution in [0.2, 0.25) is 0 Å². The van der Waals surface area contributed by atoms with Crippen molar-refractivity contribution in [3.63, 3.8) is 0 Å². The van der Waals surface area contributed by atoms with E-state index < -0.39 is 23.4 Å². The van der Waals surface area contributed by atoms with E-state index in [-0.39, 0.29) is 32.0 Å². The van der Waals surface area contributed by atoms with Gasteiger partial charge in [-0.3, -0.25) is 5.32 Å². The molecule has 2 rings (SSSR count). The summed E-state index contributed by atoms with van der Waals surface area (Å²) in [7, 11) is 0. The molecule has 0 spiro atoms. The van der Waals surface area contributed by atoms with Crippen LogP contribution in [0.5, 0.6) is 0 Å². The first-order chi connectivity index (χ1) is 8.52. The number of alkyl halides is 3. The van der Waals surface area contributed by atoms with E-state index in [1.54, 1.807) is 20.8 Å². The third-order valence-corrected chi connectivity index (χ3v) is 3.31. The summed E-state index contributed by atoms with van der Waals surface area (Å²) in [6.45, 7) is 5.80. The molecule has 0 radical (unpaired) electrons. The molecular weight excluding hydrogens is 261 g/mol. The molecule has 0 unspecified atom stereocenters. The molecule has 0 aromatic rings. The number of ether oxygens (including phenoxy) is 1. The van der Waals surface area contributed by atoms with Gasteiger partial charge in [0.2, 0.25) is 0 Å². The molecule has 2 aliphatic rings. The Kier molecular flexibility index (Phi) is 3.24. The van der Waals surface area contributed by atoms with E-state index in [0.29, 0.717) is 0 Å². The van der Waals surface area contributed by atoms with E-state index in [2.05, 4.69) is 5.32 Å². The van der Waals surface area contributed by atoms with Crippen molar-refractivity contribution in [3.8, 4) is 0 Å². The Hall–Kier alpha value is -0.980. The van der Waals surface area contributed by atoms with Crippen LogP contribution in [0.1, 0.15) is 33.6 Å². The highest BCUT2D eigenvalue weighted by atomic mass is 19.4. The van der Waals surface area contributed by atoms with Gasteiger partial charge >= 0.3 is 12.3 Å². The van der Waals surface area contributed by atoms with Crippen molar-refractivity contribution in [2.24, 2.45) is 0 Å². The molecule has 19 heavy (non-hydrogen) atoms. The number of carbonyl (C=O) groups is 1. The summed E-state index contributed by atoms with van der Waals surface area (Å²) in [6, 6.07) is -0.295. The summed E-state index contributed by atoms with van der Waals surface area (Å²) >= 11 is 0. The van der Waals surface area contributed by atoms with E-state index in [0.717, 1.165) is 0 Å². The van der Waals surface area contributed by atoms with E-state index in [1.165, 1.54) is 4.90 Å². The van der Waals surface area contributed by atoms with Crippen LogP contribution in [0, 0.1) is 0 Å². The first-order valence-electron chi connectivity index (χ1n) is 6.35. The molecular formula is C12H19F3N2O2. The first-order valence-corrected chi connectivity index (χ1v) is 6.35. The molecule has 1 aliphatic carbocycles. The Morgan fingerprint density at radius 3 is 2.16 bits per heavy atom. The summed E-state index contributed by atoms with van der Waals surface area (Å²) < 4.78 is 43.3. The van der Waals surface area contributed by atoms with Gasteiger partial charge in [-0.25, -0.2) is 4.79 Å². The van der Waals surface area contributed by atoms with Gasteiger partial charge in [0.15, 0.2) is 0 Å². The van der Waals surface area contributed by atoms with Gasteiger partial charge in [-0.1, -0.05) is 0 Å². The Labute approximate surface area is 110 Å². The van der Waals surface area contributed by atoms with Crippen LogP contribution in [-0.2, 0) is 4.74 Å². The number of halogens is 3. The topological polar surface area (TPSA) is 41.6 Å². The predicted molar refractivity (Wildman–Crippen MR) is 62.8 cm³/mol. The predicted octanol–water partition coefficient (Wildman–Crippen LogP) is 2.29. The third kappa shape index (κ3) is 3.13. The molecule has 1 saturated heterocycles. The van der Waals surface area contributed by atoms with E-state index in [4.69, 9.17) is 4.74 Å². The minimum Gasteiger partial charge on any atom is -0.444 e. The van der Waals surface area contributed by atoms with E-state index in [1.807, 2.05) is 0 Å². The van der Waals surface area contributed by atoms with Gasteiger partial charge in [-0.05, 0) is 33.6 Å². The Morgan fingerprint density at radius 2 is 1.79 bits per heavy atom. The van der Waals surface area contributed by atoms with Crippen LogP contribution in [0.3, 0.4) is 0 Å². The van der Waals surface area contributed by atoms with Gasteiger partial charge < -0.3 is 9.64 Å². The zero-order valence-electron chi connectivity index (χ0n) is 11.3. The van der Waals surface area contributed by atoms with Gasteiger partial charge in [0.05, 0.1) is 0 Å². The molecule has 7 heteroatoms. The number of rotatable bonds is 2. The lowest BCUT2D eigenvalue weighted by Gasteiger charge is -2.42. The fourth-order valence-corrected chi connectivity index (χ4v) is 2.07. The fraction of sp³-hybridized carbons (Fsp3) is 0.917. The van der Waals surface area contributed by atoms with Crippen LogP contribution >= 0.6 is 0 Å². The Morgan fingerprint density at radius 1 is 1.26 bits per heavy atom. The summed E-state index contributed by atoms with van der Waals surface area (Å²) in [5.41, 5.74) is -2.29. The van der Waals surface area contributed by atoms with Gasteiger partial charge in [0, 0.05) is 19.1 Å². The SMILES string of the molecule is CC(C)(C)OC(=O)N1CC(NC2(C(F)(F)F)CC2)C1. The van der Waals surface area contributed by atoms with Crippen LogP contribution in [-0.4, -0.2) is 47.4 Å². The molecule has 110 valence electrons. The molecule has 0 bridgehead atoms. The number of hydrogen-bond donors (Lipinski definition) is 1. The first kappa shape index (κ1) is 14.4. The van der Waals surface area contributed by atoms with Gasteiger partial charge in [0.25, 0.3) is 0 Å². The monoisotopic (exact) mass is 280 g/mol. The molecule has 0 aromatic heterocycles. The maximum absolute atomic E-state index is 12.7. The summed E-state index contributed by atoms with van der Waals surface area (Å²) in [4.78, 5) is 13.0. The van der Waals surface area contributed by atoms with Gasteiger partial charge in [-0.2, -0.15) is 13.2 Å². The summed E-state index contributed by atoms with van der Waals surface area (Å²) in [5.74, 6) is 0. The van der Waals surface area contributed by atoms with Crippen LogP contribution in [0.25, 0.3) is 0 Å². The van der Waals surface area contributed by atoms with Crippen LogP contribution in [0.4, 0.5) is 18.0 Å². The number of nitrogens with zero attached hydrogens (tertiary/aromatic N) is 1. The maximum Gasteiger partial charge on any atom is 0.410 e. The van der Waals surface area contributed by atoms with Crippen molar-refractivity contribution in [2.45, 2.75) is 57.0 Å². The van der Waals surface area contributed by atoms with Crippen molar-refractivity contribution < 1.29 is 22.7 Å². The van der Waals surface area contributed by atoms with E-state index in [9.17, 15) is 18.0 Å². The van der Waals surface area contributed by atoms with Crippen molar-refractivity contribution in [1.29, 1.82) is 0 Å². The molecule has 0 atom stereocenters. The lowest BCUT2D eigenvalue weighted by Crippen LogP contribution is -2.65. The highest BCUT2D eigenvalue weighted by molar-refractivity contribution is 5.69. The van der Waals surface area contributed by atoms with Crippen molar-refractivity contribution in [1.82, 2.24) is 10.2 Å². The average molecular weight is 280 g/mol. The number of amides is 1. The van der Waals surface area contributed by atoms with E-state index >= 15 is 0 Å². The Balaban J connectivity index is 1.77. The number of likely N-dealkylation sites (tertiary alicyclic amines) is 1. The molecule has 1 N–H and O–H groups in total. The molecule has 1 saturated carbocycles. The summed E-state index contributed by atoms with van der Waals surface area (Å²) in [5, 5.41) is 2.62. The van der Waals surface area contributed by atoms with Crippen molar-refractivity contribution >= 4 is 6.09 Å². The molecule has 0 aromatic carbocycles. The molecule has 1 aliphatic heterocycles. The zero-order valence-corrected chi connectivity index (χ0v) is 11.3. The lowest BCUT2D eigenvalue weighted by molar-refractivity contribution is -0.170. The number of carbonyl (C=O) groups excluding carboxylic acids is 1. The highest BCUT2D eigenvalue weighted by Crippen LogP contribution is 2.49. The number of hydrogen-bond acceptors (Lipinski definition) is 3. The third-order valence-electron chi connectivity index (χ3n) is 3.31. The second-order valence-corrected chi connectivity index (χ2v) is 6.31. The number of nitrogens with one attached hydrogen (secondary N) is 1. The highest BCUT2D eigenvalue weighted by Gasteiger charge is 2.64. The minimum atomic E-state index is -4.21. The molecule has 2 fully saturated rings. The summed E-state index contributed by atoms with van der Waals surface area (Å²) in [6.07, 6.45) is -4.43. The fourth-order valence-electron chi connectivity index (χ4n) is 2.07. The lowest BCUT2D eigenvalue weighted by atomic mass is 10.1. The van der Waals surface area contributed by atoms with Crippen molar-refractivity contribution in [3.05, 3.63) is 0 Å². The second-order valence-electron chi connectivity index (χ2n) is 6.31. The molecule has 1 heterocycles. The normalized spacial score (nSPS) is 22.9. The standard InChI is InChI=1S/C12H19F3N2O2/c1-10(2,3)19-9(18)17-6-8(7-17)16-11(4-5-11)12(13,14)15/h8,16H,4-7H2,1-3H3. The van der Waals surface area contributed by atoms with Crippen LogP contribution in [0.15, 0.2) is 0 Å². The molecule has 4 nitrogen and oxygen atoms in total. The molecule has 1 amide bonds. The Bertz CT molecular complexity index is 366. The zero-order chi connectivity index (χ0) is 14.5. The van der Waals surface area contributed by atoms with Gasteiger partial charge in [0.1, 0.15) is 11.1 Å². The largest absolute Gasteiger partial charge is 0.444 e.